The van der Waals surface area contributed by atoms with Gasteiger partial charge in [-0.1, -0.05) is 29.8 Å². The molecule has 0 aliphatic heterocycles. The maximum atomic E-state index is 12.4. The number of para-hydroxylation sites is 1. The molecule has 1 amide bonds. The second-order valence-corrected chi connectivity index (χ2v) is 6.38. The normalized spacial score (nSPS) is 10.3. The minimum Gasteiger partial charge on any atom is -0.490 e. The lowest BCUT2D eigenvalue weighted by atomic mass is 10.1. The lowest BCUT2D eigenvalue weighted by molar-refractivity contribution is 0.102. The molecule has 0 aromatic heterocycles. The highest BCUT2D eigenvalue weighted by Crippen LogP contribution is 2.21. The Hall–Kier alpha value is -2.98. The first-order valence-corrected chi connectivity index (χ1v) is 8.98. The maximum absolute atomic E-state index is 12.4. The average Bonchev–Trinajstić information content (AvgIpc) is 2.69. The van der Waals surface area contributed by atoms with Crippen molar-refractivity contribution < 1.29 is 14.3 Å². The number of carbonyl (C=O) groups excluding carboxylic acids is 1. The first-order valence-electron chi connectivity index (χ1n) is 8.60. The molecule has 0 aliphatic carbocycles. The molecule has 0 spiro atoms. The van der Waals surface area contributed by atoms with Crippen molar-refractivity contribution in [3.05, 3.63) is 88.9 Å². The molecule has 0 fully saturated rings. The zero-order chi connectivity index (χ0) is 19.1. The van der Waals surface area contributed by atoms with Crippen LogP contribution in [0.4, 0.5) is 5.69 Å². The number of hydrogen-bond acceptors (Lipinski definition) is 3. The predicted molar refractivity (Wildman–Crippen MR) is 108 cm³/mol. The molecule has 1 N–H and O–H groups in total. The van der Waals surface area contributed by atoms with Gasteiger partial charge in [-0.25, -0.2) is 0 Å². The Morgan fingerprint density at radius 3 is 2.15 bits per heavy atom. The molecule has 5 heteroatoms. The third-order valence-corrected chi connectivity index (χ3v) is 4.15. The highest BCUT2D eigenvalue weighted by Gasteiger charge is 2.08. The summed E-state index contributed by atoms with van der Waals surface area (Å²) < 4.78 is 11.2. The van der Waals surface area contributed by atoms with E-state index in [4.69, 9.17) is 21.1 Å². The lowest BCUT2D eigenvalue weighted by Gasteiger charge is -2.10. The Balaban J connectivity index is 1.49. The van der Waals surface area contributed by atoms with Gasteiger partial charge in [0.2, 0.25) is 0 Å². The van der Waals surface area contributed by atoms with Crippen molar-refractivity contribution in [2.75, 3.05) is 18.5 Å². The van der Waals surface area contributed by atoms with Gasteiger partial charge in [0.25, 0.3) is 5.91 Å². The van der Waals surface area contributed by atoms with Crippen LogP contribution in [0.3, 0.4) is 0 Å². The number of amides is 1. The number of hydrogen-bond donors (Lipinski definition) is 1. The molecule has 3 rings (SSSR count). The van der Waals surface area contributed by atoms with Crippen molar-refractivity contribution in [2.45, 2.75) is 6.92 Å². The summed E-state index contributed by atoms with van der Waals surface area (Å²) in [6.07, 6.45) is 0. The van der Waals surface area contributed by atoms with Crippen LogP contribution in [0.5, 0.6) is 11.5 Å². The van der Waals surface area contributed by atoms with Crippen LogP contribution < -0.4 is 14.8 Å². The Morgan fingerprint density at radius 2 is 1.52 bits per heavy atom. The number of ether oxygens (including phenoxy) is 2. The van der Waals surface area contributed by atoms with Crippen molar-refractivity contribution in [1.82, 2.24) is 0 Å². The van der Waals surface area contributed by atoms with Gasteiger partial charge in [0.05, 0.1) is 0 Å². The van der Waals surface area contributed by atoms with Crippen molar-refractivity contribution in [1.29, 1.82) is 0 Å². The van der Waals surface area contributed by atoms with Gasteiger partial charge in [0, 0.05) is 16.3 Å². The van der Waals surface area contributed by atoms with E-state index in [1.54, 1.807) is 36.4 Å². The van der Waals surface area contributed by atoms with Gasteiger partial charge in [-0.2, -0.15) is 0 Å². The second-order valence-electron chi connectivity index (χ2n) is 5.95. The Kier molecular flexibility index (Phi) is 6.34. The van der Waals surface area contributed by atoms with E-state index in [1.807, 2.05) is 43.3 Å². The highest BCUT2D eigenvalue weighted by atomic mass is 35.5. The molecule has 0 aliphatic rings. The quantitative estimate of drug-likeness (QED) is 0.560. The number of halogens is 1. The molecule has 0 bridgehead atoms. The fraction of sp³-hybridized carbons (Fsp3) is 0.136. The molecular formula is C22H20ClNO3. The molecule has 0 radical (unpaired) electrons. The van der Waals surface area contributed by atoms with E-state index in [1.165, 1.54) is 0 Å². The number of rotatable bonds is 7. The van der Waals surface area contributed by atoms with E-state index in [-0.39, 0.29) is 5.91 Å². The van der Waals surface area contributed by atoms with E-state index in [9.17, 15) is 4.79 Å². The van der Waals surface area contributed by atoms with Crippen LogP contribution in [-0.4, -0.2) is 19.1 Å². The SMILES string of the molecule is Cc1cc(Cl)ccc1NC(=O)c1ccc(OCCOc2ccccc2)cc1. The predicted octanol–water partition coefficient (Wildman–Crippen LogP) is 5.36. The summed E-state index contributed by atoms with van der Waals surface area (Å²) in [6, 6.07) is 21.9. The summed E-state index contributed by atoms with van der Waals surface area (Å²) in [6.45, 7) is 2.77. The topological polar surface area (TPSA) is 47.6 Å². The highest BCUT2D eigenvalue weighted by molar-refractivity contribution is 6.30. The van der Waals surface area contributed by atoms with Crippen LogP contribution in [0.2, 0.25) is 5.02 Å². The molecule has 0 saturated heterocycles. The van der Waals surface area contributed by atoms with Gasteiger partial charge in [-0.15, -0.1) is 0 Å². The third kappa shape index (κ3) is 5.50. The summed E-state index contributed by atoms with van der Waals surface area (Å²) in [4.78, 5) is 12.4. The molecule has 0 heterocycles. The summed E-state index contributed by atoms with van der Waals surface area (Å²) in [5, 5.41) is 3.53. The van der Waals surface area contributed by atoms with Crippen LogP contribution in [0.15, 0.2) is 72.8 Å². The van der Waals surface area contributed by atoms with Gasteiger partial charge in [-0.05, 0) is 67.1 Å². The summed E-state index contributed by atoms with van der Waals surface area (Å²) >= 11 is 5.94. The summed E-state index contributed by atoms with van der Waals surface area (Å²) in [5.74, 6) is 1.32. The van der Waals surface area contributed by atoms with Gasteiger partial charge < -0.3 is 14.8 Å². The van der Waals surface area contributed by atoms with Gasteiger partial charge in [0.1, 0.15) is 24.7 Å². The van der Waals surface area contributed by atoms with Crippen LogP contribution in [0.25, 0.3) is 0 Å². The summed E-state index contributed by atoms with van der Waals surface area (Å²) in [7, 11) is 0. The van der Waals surface area contributed by atoms with E-state index in [0.29, 0.717) is 29.5 Å². The molecule has 3 aromatic rings. The average molecular weight is 382 g/mol. The van der Waals surface area contributed by atoms with Gasteiger partial charge >= 0.3 is 0 Å². The molecule has 0 unspecified atom stereocenters. The van der Waals surface area contributed by atoms with Crippen LogP contribution in [-0.2, 0) is 0 Å². The number of carbonyl (C=O) groups is 1. The molecule has 0 saturated carbocycles. The first-order chi connectivity index (χ1) is 13.1. The van der Waals surface area contributed by atoms with E-state index < -0.39 is 0 Å². The molecule has 0 atom stereocenters. The van der Waals surface area contributed by atoms with E-state index in [0.717, 1.165) is 17.0 Å². The third-order valence-electron chi connectivity index (χ3n) is 3.92. The molecule has 3 aromatic carbocycles. The largest absolute Gasteiger partial charge is 0.490 e. The van der Waals surface area contributed by atoms with Gasteiger partial charge in [-0.3, -0.25) is 4.79 Å². The first kappa shape index (κ1) is 18.8. The maximum Gasteiger partial charge on any atom is 0.255 e. The van der Waals surface area contributed by atoms with Crippen molar-refractivity contribution in [2.24, 2.45) is 0 Å². The zero-order valence-corrected chi connectivity index (χ0v) is 15.7. The molecule has 27 heavy (non-hydrogen) atoms. The Bertz CT molecular complexity index is 895. The summed E-state index contributed by atoms with van der Waals surface area (Å²) in [5.41, 5.74) is 2.20. The number of benzene rings is 3. The van der Waals surface area contributed by atoms with Crippen LogP contribution >= 0.6 is 11.6 Å². The fourth-order valence-corrected chi connectivity index (χ4v) is 2.73. The smallest absolute Gasteiger partial charge is 0.255 e. The minimum absolute atomic E-state index is 0.181. The lowest BCUT2D eigenvalue weighted by Crippen LogP contribution is -2.13. The molecular weight excluding hydrogens is 362 g/mol. The van der Waals surface area contributed by atoms with Crippen LogP contribution in [0, 0.1) is 6.92 Å². The van der Waals surface area contributed by atoms with Crippen molar-refractivity contribution >= 4 is 23.2 Å². The minimum atomic E-state index is -0.181. The zero-order valence-electron chi connectivity index (χ0n) is 14.9. The van der Waals surface area contributed by atoms with Crippen molar-refractivity contribution in [3.63, 3.8) is 0 Å². The van der Waals surface area contributed by atoms with E-state index >= 15 is 0 Å². The van der Waals surface area contributed by atoms with Crippen molar-refractivity contribution in [3.8, 4) is 11.5 Å². The number of aryl methyl sites for hydroxylation is 1. The van der Waals surface area contributed by atoms with Gasteiger partial charge in [0.15, 0.2) is 0 Å². The molecule has 138 valence electrons. The van der Waals surface area contributed by atoms with E-state index in [2.05, 4.69) is 5.32 Å². The second kappa shape index (κ2) is 9.10. The Labute approximate surface area is 163 Å². The monoisotopic (exact) mass is 381 g/mol. The molecule has 4 nitrogen and oxygen atoms in total. The number of nitrogens with one attached hydrogen (secondary N) is 1. The Morgan fingerprint density at radius 1 is 0.889 bits per heavy atom. The number of anilines is 1. The van der Waals surface area contributed by atoms with Crippen LogP contribution in [0.1, 0.15) is 15.9 Å². The fourth-order valence-electron chi connectivity index (χ4n) is 2.50. The standard InChI is InChI=1S/C22H20ClNO3/c1-16-15-18(23)9-12-21(16)24-22(25)17-7-10-20(11-8-17)27-14-13-26-19-5-3-2-4-6-19/h2-12,15H,13-14H2,1H3,(H,24,25).